The molecular weight excluding hydrogens is 416 g/mol. The molecule has 0 amide bonds. The standard InChI is InChI=1S/C27H44O4Si/c1-26(2,3)32(4,5)31-24(16-10-9-14-22-12-7-6-8-13-22)18-17-23-15-11-19-27(30,20-23)21-25(28)29/h6-8,12-13,17-18,23-24,30H,9-11,14-16,19-21H2,1-5H3,(H,28,29)/t23-,24?,27+/m1/s1. The van der Waals surface area contributed by atoms with E-state index in [1.807, 2.05) is 0 Å². The van der Waals surface area contributed by atoms with Gasteiger partial charge < -0.3 is 14.6 Å². The number of aliphatic carboxylic acids is 1. The van der Waals surface area contributed by atoms with Crippen LogP contribution in [0.15, 0.2) is 42.5 Å². The van der Waals surface area contributed by atoms with Gasteiger partial charge in [-0.2, -0.15) is 0 Å². The van der Waals surface area contributed by atoms with Crippen LogP contribution < -0.4 is 0 Å². The first-order valence-electron chi connectivity index (χ1n) is 12.2. The van der Waals surface area contributed by atoms with E-state index in [0.29, 0.717) is 12.8 Å². The molecule has 1 unspecified atom stereocenters. The first-order chi connectivity index (χ1) is 14.9. The Morgan fingerprint density at radius 3 is 2.56 bits per heavy atom. The quantitative estimate of drug-likeness (QED) is 0.218. The predicted octanol–water partition coefficient (Wildman–Crippen LogP) is 6.74. The van der Waals surface area contributed by atoms with Gasteiger partial charge in [0.05, 0.1) is 18.1 Å². The lowest BCUT2D eigenvalue weighted by atomic mass is 9.76. The summed E-state index contributed by atoms with van der Waals surface area (Å²) in [6.45, 7) is 11.4. The van der Waals surface area contributed by atoms with Crippen molar-refractivity contribution in [3.8, 4) is 0 Å². The lowest BCUT2D eigenvalue weighted by molar-refractivity contribution is -0.144. The summed E-state index contributed by atoms with van der Waals surface area (Å²) in [5.74, 6) is -0.711. The number of aryl methyl sites for hydroxylation is 1. The van der Waals surface area contributed by atoms with Crippen molar-refractivity contribution in [1.82, 2.24) is 0 Å². The monoisotopic (exact) mass is 460 g/mol. The van der Waals surface area contributed by atoms with Crippen LogP contribution in [0, 0.1) is 5.92 Å². The number of carboxylic acids is 1. The maximum atomic E-state index is 11.2. The Balaban J connectivity index is 2.00. The summed E-state index contributed by atoms with van der Waals surface area (Å²) in [6.07, 6.45) is 11.6. The number of hydrogen-bond acceptors (Lipinski definition) is 3. The second-order valence-electron chi connectivity index (χ2n) is 11.2. The van der Waals surface area contributed by atoms with Gasteiger partial charge in [-0.25, -0.2) is 0 Å². The maximum absolute atomic E-state index is 11.2. The molecule has 5 heteroatoms. The molecule has 1 aromatic rings. The third kappa shape index (κ3) is 8.84. The second kappa shape index (κ2) is 11.6. The Kier molecular flexibility index (Phi) is 9.74. The van der Waals surface area contributed by atoms with Crippen molar-refractivity contribution in [3.63, 3.8) is 0 Å². The van der Waals surface area contributed by atoms with Crippen LogP contribution in [-0.2, 0) is 15.6 Å². The molecule has 0 aromatic heterocycles. The molecule has 0 spiro atoms. The predicted molar refractivity (Wildman–Crippen MR) is 134 cm³/mol. The molecule has 0 saturated heterocycles. The second-order valence-corrected chi connectivity index (χ2v) is 15.9. The smallest absolute Gasteiger partial charge is 0.306 e. The van der Waals surface area contributed by atoms with Crippen molar-refractivity contribution in [3.05, 3.63) is 48.0 Å². The van der Waals surface area contributed by atoms with Crippen molar-refractivity contribution in [2.45, 2.75) is 108 Å². The summed E-state index contributed by atoms with van der Waals surface area (Å²) in [4.78, 5) is 11.2. The van der Waals surface area contributed by atoms with Gasteiger partial charge in [0.25, 0.3) is 0 Å². The Morgan fingerprint density at radius 2 is 1.94 bits per heavy atom. The fourth-order valence-corrected chi connectivity index (χ4v) is 5.65. The zero-order chi connectivity index (χ0) is 23.8. The Labute approximate surface area is 196 Å². The van der Waals surface area contributed by atoms with Crippen LogP contribution in [0.2, 0.25) is 18.1 Å². The average molecular weight is 461 g/mol. The lowest BCUT2D eigenvalue weighted by Gasteiger charge is -2.39. The van der Waals surface area contributed by atoms with Crippen molar-refractivity contribution >= 4 is 14.3 Å². The van der Waals surface area contributed by atoms with E-state index in [0.717, 1.165) is 38.5 Å². The molecule has 2 N–H and O–H groups in total. The number of allylic oxidation sites excluding steroid dienone is 1. The van der Waals surface area contributed by atoms with Crippen LogP contribution in [0.4, 0.5) is 0 Å². The first-order valence-corrected chi connectivity index (χ1v) is 15.2. The summed E-state index contributed by atoms with van der Waals surface area (Å²) in [5.41, 5.74) is 0.301. The number of carbonyl (C=O) groups is 1. The highest BCUT2D eigenvalue weighted by Crippen LogP contribution is 2.39. The number of benzene rings is 1. The normalized spacial score (nSPS) is 23.4. The van der Waals surface area contributed by atoms with Crippen LogP contribution in [0.5, 0.6) is 0 Å². The molecule has 2 rings (SSSR count). The van der Waals surface area contributed by atoms with E-state index in [-0.39, 0.29) is 23.5 Å². The number of hydrogen-bond donors (Lipinski definition) is 2. The van der Waals surface area contributed by atoms with E-state index < -0.39 is 19.9 Å². The van der Waals surface area contributed by atoms with Crippen LogP contribution in [-0.4, -0.2) is 36.2 Å². The Hall–Kier alpha value is -1.43. The highest BCUT2D eigenvalue weighted by atomic mass is 28.4. The molecule has 0 heterocycles. The third-order valence-electron chi connectivity index (χ3n) is 7.24. The molecule has 1 aromatic carbocycles. The lowest BCUT2D eigenvalue weighted by Crippen LogP contribution is -2.43. The highest BCUT2D eigenvalue weighted by Gasteiger charge is 2.39. The molecule has 0 aliphatic heterocycles. The van der Waals surface area contributed by atoms with Crippen LogP contribution in [0.25, 0.3) is 0 Å². The van der Waals surface area contributed by atoms with Crippen LogP contribution in [0.3, 0.4) is 0 Å². The summed E-state index contributed by atoms with van der Waals surface area (Å²) in [7, 11) is -1.91. The van der Waals surface area contributed by atoms with Crippen LogP contribution >= 0.6 is 0 Å². The summed E-state index contributed by atoms with van der Waals surface area (Å²) >= 11 is 0. The number of unbranched alkanes of at least 4 members (excludes halogenated alkanes) is 1. The third-order valence-corrected chi connectivity index (χ3v) is 11.7. The number of carboxylic acid groups (broad SMARTS) is 1. The van der Waals surface area contributed by atoms with Gasteiger partial charge in [-0.3, -0.25) is 4.79 Å². The molecule has 1 saturated carbocycles. The zero-order valence-corrected chi connectivity index (χ0v) is 21.8. The minimum atomic E-state index is -1.91. The SMILES string of the molecule is CC(C)(C)[Si](C)(C)OC(C=C[C@H]1CCC[C@@](O)(CC(=O)O)C1)CCCCc1ccccc1. The number of aliphatic hydroxyl groups is 1. The van der Waals surface area contributed by atoms with E-state index in [1.165, 1.54) is 5.56 Å². The summed E-state index contributed by atoms with van der Waals surface area (Å²) in [6, 6.07) is 10.6. The zero-order valence-electron chi connectivity index (χ0n) is 20.8. The minimum Gasteiger partial charge on any atom is -0.481 e. The minimum absolute atomic E-state index is 0.0705. The molecule has 0 bridgehead atoms. The van der Waals surface area contributed by atoms with Crippen molar-refractivity contribution in [1.29, 1.82) is 0 Å². The Bertz CT molecular complexity index is 738. The Morgan fingerprint density at radius 1 is 1.25 bits per heavy atom. The van der Waals surface area contributed by atoms with E-state index in [4.69, 9.17) is 9.53 Å². The molecule has 4 nitrogen and oxygen atoms in total. The fraction of sp³-hybridized carbons (Fsp3) is 0.667. The van der Waals surface area contributed by atoms with Gasteiger partial charge in [-0.1, -0.05) is 69.7 Å². The maximum Gasteiger partial charge on any atom is 0.306 e. The molecular formula is C27H44O4Si. The van der Waals surface area contributed by atoms with Gasteiger partial charge in [0.2, 0.25) is 0 Å². The molecule has 0 radical (unpaired) electrons. The van der Waals surface area contributed by atoms with E-state index >= 15 is 0 Å². The van der Waals surface area contributed by atoms with Crippen molar-refractivity contribution < 1.29 is 19.4 Å². The molecule has 1 aliphatic rings. The van der Waals surface area contributed by atoms with E-state index in [2.05, 4.69) is 76.3 Å². The molecule has 1 aliphatic carbocycles. The molecule has 3 atom stereocenters. The van der Waals surface area contributed by atoms with Crippen molar-refractivity contribution in [2.75, 3.05) is 0 Å². The first kappa shape index (κ1) is 26.8. The number of rotatable bonds is 11. The van der Waals surface area contributed by atoms with E-state index in [9.17, 15) is 9.90 Å². The average Bonchev–Trinajstić information content (AvgIpc) is 2.68. The summed E-state index contributed by atoms with van der Waals surface area (Å²) in [5, 5.41) is 20.0. The van der Waals surface area contributed by atoms with Gasteiger partial charge in [0.1, 0.15) is 0 Å². The van der Waals surface area contributed by atoms with Gasteiger partial charge in [-0.15, -0.1) is 0 Å². The van der Waals surface area contributed by atoms with E-state index in [1.54, 1.807) is 0 Å². The fourth-order valence-electron chi connectivity index (χ4n) is 4.34. The topological polar surface area (TPSA) is 66.8 Å². The van der Waals surface area contributed by atoms with Crippen LogP contribution in [0.1, 0.15) is 77.7 Å². The highest BCUT2D eigenvalue weighted by molar-refractivity contribution is 6.74. The summed E-state index contributed by atoms with van der Waals surface area (Å²) < 4.78 is 6.76. The van der Waals surface area contributed by atoms with Gasteiger partial charge in [0.15, 0.2) is 8.32 Å². The molecule has 32 heavy (non-hydrogen) atoms. The van der Waals surface area contributed by atoms with Gasteiger partial charge in [-0.05, 0) is 74.6 Å². The molecule has 1 fully saturated rings. The van der Waals surface area contributed by atoms with Crippen molar-refractivity contribution in [2.24, 2.45) is 5.92 Å². The van der Waals surface area contributed by atoms with Gasteiger partial charge in [0, 0.05) is 0 Å². The largest absolute Gasteiger partial charge is 0.481 e. The molecule has 180 valence electrons. The van der Waals surface area contributed by atoms with Gasteiger partial charge >= 0.3 is 5.97 Å².